The minimum Gasteiger partial charge on any atom is -0.323 e. The number of hydrogen-bond acceptors (Lipinski definition) is 3. The first-order valence-corrected chi connectivity index (χ1v) is 9.48. The van der Waals surface area contributed by atoms with E-state index in [1.165, 1.54) is 11.1 Å². The van der Waals surface area contributed by atoms with E-state index in [0.29, 0.717) is 10.7 Å². The normalized spacial score (nSPS) is 17.0. The Morgan fingerprint density at radius 2 is 1.85 bits per heavy atom. The lowest BCUT2D eigenvalue weighted by Crippen LogP contribution is -2.52. The number of carbonyl (C=O) groups excluding carboxylic acids is 1. The Labute approximate surface area is 160 Å². The molecule has 1 amide bonds. The van der Waals surface area contributed by atoms with Gasteiger partial charge in [-0.2, -0.15) is 0 Å². The molecule has 0 saturated carbocycles. The van der Waals surface area contributed by atoms with Gasteiger partial charge in [-0.3, -0.25) is 14.6 Å². The highest BCUT2D eigenvalue weighted by Crippen LogP contribution is 2.21. The van der Waals surface area contributed by atoms with E-state index in [1.807, 2.05) is 25.1 Å². The zero-order valence-electron chi connectivity index (χ0n) is 15.4. The molecule has 1 heterocycles. The molecule has 1 unspecified atom stereocenters. The standard InChI is InChI=1S/C21H26ClN3O/c1-16-6-5-7-18(14-16)15-24-10-12-25(13-11-24)17(2)21(26)23-20-9-4-3-8-19(20)22/h3-9,14,17H,10-13,15H2,1-2H3,(H,23,26). The molecule has 2 aromatic carbocycles. The number of carbonyl (C=O) groups is 1. The molecule has 1 N–H and O–H groups in total. The second kappa shape index (κ2) is 8.67. The van der Waals surface area contributed by atoms with Gasteiger partial charge in [-0.15, -0.1) is 0 Å². The van der Waals surface area contributed by atoms with Gasteiger partial charge in [0, 0.05) is 32.7 Å². The number of piperazine rings is 1. The SMILES string of the molecule is Cc1cccc(CN2CCN(C(C)C(=O)Nc3ccccc3Cl)CC2)c1. The average molecular weight is 372 g/mol. The maximum absolute atomic E-state index is 12.5. The van der Waals surface area contributed by atoms with Crippen molar-refractivity contribution in [1.82, 2.24) is 9.80 Å². The van der Waals surface area contributed by atoms with Crippen LogP contribution in [0.4, 0.5) is 5.69 Å². The Kier molecular flexibility index (Phi) is 6.30. The van der Waals surface area contributed by atoms with Gasteiger partial charge in [-0.25, -0.2) is 0 Å². The molecular formula is C21H26ClN3O. The fourth-order valence-corrected chi connectivity index (χ4v) is 3.53. The van der Waals surface area contributed by atoms with Gasteiger partial charge in [0.05, 0.1) is 16.8 Å². The van der Waals surface area contributed by atoms with E-state index >= 15 is 0 Å². The van der Waals surface area contributed by atoms with Gasteiger partial charge < -0.3 is 5.32 Å². The first-order valence-electron chi connectivity index (χ1n) is 9.10. The number of amides is 1. The largest absolute Gasteiger partial charge is 0.323 e. The highest BCUT2D eigenvalue weighted by molar-refractivity contribution is 6.33. The van der Waals surface area contributed by atoms with Crippen LogP contribution in [-0.2, 0) is 11.3 Å². The Hall–Kier alpha value is -1.88. The summed E-state index contributed by atoms with van der Waals surface area (Å²) in [7, 11) is 0. The predicted octanol–water partition coefficient (Wildman–Crippen LogP) is 3.79. The van der Waals surface area contributed by atoms with Crippen molar-refractivity contribution in [2.24, 2.45) is 0 Å². The molecule has 4 nitrogen and oxygen atoms in total. The molecule has 5 heteroatoms. The van der Waals surface area contributed by atoms with Crippen molar-refractivity contribution in [2.45, 2.75) is 26.4 Å². The number of aryl methyl sites for hydroxylation is 1. The molecule has 1 aliphatic heterocycles. The maximum Gasteiger partial charge on any atom is 0.241 e. The summed E-state index contributed by atoms with van der Waals surface area (Å²) in [6.07, 6.45) is 0. The van der Waals surface area contributed by atoms with Crippen LogP contribution in [0.2, 0.25) is 5.02 Å². The summed E-state index contributed by atoms with van der Waals surface area (Å²) >= 11 is 6.13. The van der Waals surface area contributed by atoms with Crippen LogP contribution < -0.4 is 5.32 Å². The van der Waals surface area contributed by atoms with Crippen LogP contribution in [0.25, 0.3) is 0 Å². The molecule has 138 valence electrons. The Balaban J connectivity index is 1.51. The molecule has 0 aromatic heterocycles. The van der Waals surface area contributed by atoms with E-state index in [4.69, 9.17) is 11.6 Å². The summed E-state index contributed by atoms with van der Waals surface area (Å²) in [5, 5.41) is 3.50. The third-order valence-electron chi connectivity index (χ3n) is 4.95. The lowest BCUT2D eigenvalue weighted by molar-refractivity contribution is -0.121. The highest BCUT2D eigenvalue weighted by atomic mass is 35.5. The molecular weight excluding hydrogens is 346 g/mol. The predicted molar refractivity (Wildman–Crippen MR) is 108 cm³/mol. The number of halogens is 1. The van der Waals surface area contributed by atoms with Crippen LogP contribution in [0.3, 0.4) is 0 Å². The first kappa shape index (κ1) is 18.9. The minimum atomic E-state index is -0.174. The molecule has 0 aliphatic carbocycles. The second-order valence-electron chi connectivity index (χ2n) is 6.95. The summed E-state index contributed by atoms with van der Waals surface area (Å²) < 4.78 is 0. The number of benzene rings is 2. The first-order chi connectivity index (χ1) is 12.5. The molecule has 0 bridgehead atoms. The lowest BCUT2D eigenvalue weighted by atomic mass is 10.1. The number of rotatable bonds is 5. The van der Waals surface area contributed by atoms with Gasteiger partial charge >= 0.3 is 0 Å². The summed E-state index contributed by atoms with van der Waals surface area (Å²) in [6, 6.07) is 15.8. The monoisotopic (exact) mass is 371 g/mol. The van der Waals surface area contributed by atoms with E-state index in [9.17, 15) is 4.79 Å². The van der Waals surface area contributed by atoms with E-state index < -0.39 is 0 Å². The van der Waals surface area contributed by atoms with Crippen LogP contribution >= 0.6 is 11.6 Å². The van der Waals surface area contributed by atoms with Crippen LogP contribution in [0, 0.1) is 6.92 Å². The summed E-state index contributed by atoms with van der Waals surface area (Å²) in [5.74, 6) is -0.00904. The summed E-state index contributed by atoms with van der Waals surface area (Å²) in [6.45, 7) is 8.78. The second-order valence-corrected chi connectivity index (χ2v) is 7.35. The van der Waals surface area contributed by atoms with E-state index in [-0.39, 0.29) is 11.9 Å². The minimum absolute atomic E-state index is 0.00904. The van der Waals surface area contributed by atoms with Crippen LogP contribution in [-0.4, -0.2) is 47.9 Å². The fraction of sp³-hybridized carbons (Fsp3) is 0.381. The van der Waals surface area contributed by atoms with Crippen LogP contribution in [0.5, 0.6) is 0 Å². The van der Waals surface area contributed by atoms with Gasteiger partial charge in [0.2, 0.25) is 5.91 Å². The van der Waals surface area contributed by atoms with Gasteiger partial charge in [0.1, 0.15) is 0 Å². The summed E-state index contributed by atoms with van der Waals surface area (Å²) in [4.78, 5) is 17.2. The molecule has 0 radical (unpaired) electrons. The Morgan fingerprint density at radius 3 is 2.54 bits per heavy atom. The van der Waals surface area contributed by atoms with Crippen LogP contribution in [0.15, 0.2) is 48.5 Å². The Bertz CT molecular complexity index is 756. The fourth-order valence-electron chi connectivity index (χ4n) is 3.34. The van der Waals surface area contributed by atoms with Crippen molar-refractivity contribution >= 4 is 23.2 Å². The number of nitrogens with one attached hydrogen (secondary N) is 1. The number of nitrogens with zero attached hydrogens (tertiary/aromatic N) is 2. The van der Waals surface area contributed by atoms with Crippen LogP contribution in [0.1, 0.15) is 18.1 Å². The average Bonchev–Trinajstić information content (AvgIpc) is 2.64. The van der Waals surface area contributed by atoms with Gasteiger partial charge in [0.15, 0.2) is 0 Å². The third-order valence-corrected chi connectivity index (χ3v) is 5.28. The van der Waals surface area contributed by atoms with Crippen molar-refractivity contribution < 1.29 is 4.79 Å². The topological polar surface area (TPSA) is 35.6 Å². The zero-order valence-corrected chi connectivity index (χ0v) is 16.2. The van der Waals surface area contributed by atoms with Crippen molar-refractivity contribution in [1.29, 1.82) is 0 Å². The van der Waals surface area contributed by atoms with Crippen molar-refractivity contribution in [3.8, 4) is 0 Å². The molecule has 1 saturated heterocycles. The quantitative estimate of drug-likeness (QED) is 0.868. The Morgan fingerprint density at radius 1 is 1.12 bits per heavy atom. The molecule has 26 heavy (non-hydrogen) atoms. The van der Waals surface area contributed by atoms with E-state index in [0.717, 1.165) is 32.7 Å². The third kappa shape index (κ3) is 4.85. The van der Waals surface area contributed by atoms with Gasteiger partial charge in [-0.1, -0.05) is 53.6 Å². The molecule has 1 fully saturated rings. The maximum atomic E-state index is 12.5. The van der Waals surface area contributed by atoms with E-state index in [1.54, 1.807) is 6.07 Å². The molecule has 1 atom stereocenters. The molecule has 2 aromatic rings. The smallest absolute Gasteiger partial charge is 0.241 e. The highest BCUT2D eigenvalue weighted by Gasteiger charge is 2.25. The van der Waals surface area contributed by atoms with Gasteiger partial charge in [0.25, 0.3) is 0 Å². The zero-order chi connectivity index (χ0) is 18.5. The summed E-state index contributed by atoms with van der Waals surface area (Å²) in [5.41, 5.74) is 3.32. The van der Waals surface area contributed by atoms with Crippen molar-refractivity contribution in [3.05, 3.63) is 64.7 Å². The molecule has 1 aliphatic rings. The lowest BCUT2D eigenvalue weighted by Gasteiger charge is -2.37. The van der Waals surface area contributed by atoms with E-state index in [2.05, 4.69) is 46.3 Å². The number of para-hydroxylation sites is 1. The van der Waals surface area contributed by atoms with Crippen molar-refractivity contribution in [2.75, 3.05) is 31.5 Å². The number of hydrogen-bond donors (Lipinski definition) is 1. The number of anilines is 1. The molecule has 3 rings (SSSR count). The van der Waals surface area contributed by atoms with Gasteiger partial charge in [-0.05, 0) is 31.5 Å². The van der Waals surface area contributed by atoms with Crippen molar-refractivity contribution in [3.63, 3.8) is 0 Å². The molecule has 0 spiro atoms.